The summed E-state index contributed by atoms with van der Waals surface area (Å²) in [4.78, 5) is 2.52. The van der Waals surface area contributed by atoms with Crippen LogP contribution < -0.4 is 5.32 Å². The standard InChI is InChI=1S/C11H23N2/c1-9(2)13-7-10(3,4)12-11(5,6)8-13/h9H,7-8H2,1-6H3. The maximum absolute atomic E-state index is 4.84. The van der Waals surface area contributed by atoms with Crippen molar-refractivity contribution in [2.24, 2.45) is 0 Å². The van der Waals surface area contributed by atoms with Crippen LogP contribution in [0.4, 0.5) is 0 Å². The molecule has 0 aliphatic carbocycles. The first-order valence-corrected chi connectivity index (χ1v) is 5.20. The molecule has 0 bridgehead atoms. The molecular weight excluding hydrogens is 160 g/mol. The zero-order chi connectivity index (χ0) is 10.3. The largest absolute Gasteiger partial charge is 0.297 e. The van der Waals surface area contributed by atoms with Gasteiger partial charge in [0.05, 0.1) is 0 Å². The van der Waals surface area contributed by atoms with Crippen molar-refractivity contribution in [3.63, 3.8) is 0 Å². The lowest BCUT2D eigenvalue weighted by Gasteiger charge is -2.48. The SMILES string of the molecule is CC(C)N1CC(C)(C)[N]C(C)(C)C1. The Labute approximate surface area is 82.7 Å². The van der Waals surface area contributed by atoms with Crippen molar-refractivity contribution in [3.8, 4) is 0 Å². The van der Waals surface area contributed by atoms with Crippen molar-refractivity contribution < 1.29 is 0 Å². The van der Waals surface area contributed by atoms with Crippen molar-refractivity contribution in [1.29, 1.82) is 0 Å². The van der Waals surface area contributed by atoms with Crippen LogP contribution in [0.5, 0.6) is 0 Å². The zero-order valence-electron chi connectivity index (χ0n) is 9.89. The molecule has 0 spiro atoms. The molecule has 1 radical (unpaired) electrons. The quantitative estimate of drug-likeness (QED) is 0.606. The second-order valence-electron chi connectivity index (χ2n) is 5.74. The molecule has 0 aromatic carbocycles. The number of rotatable bonds is 1. The van der Waals surface area contributed by atoms with Crippen LogP contribution in [0.25, 0.3) is 0 Å². The highest BCUT2D eigenvalue weighted by molar-refractivity contribution is 4.97. The van der Waals surface area contributed by atoms with Crippen LogP contribution in [-0.4, -0.2) is 35.1 Å². The van der Waals surface area contributed by atoms with E-state index in [-0.39, 0.29) is 11.1 Å². The highest BCUT2D eigenvalue weighted by atomic mass is 15.3. The Morgan fingerprint density at radius 1 is 1.00 bits per heavy atom. The van der Waals surface area contributed by atoms with E-state index < -0.39 is 0 Å². The first-order valence-electron chi connectivity index (χ1n) is 5.20. The third-order valence-electron chi connectivity index (χ3n) is 2.52. The van der Waals surface area contributed by atoms with Crippen molar-refractivity contribution in [3.05, 3.63) is 0 Å². The molecule has 13 heavy (non-hydrogen) atoms. The Morgan fingerprint density at radius 3 is 1.69 bits per heavy atom. The van der Waals surface area contributed by atoms with E-state index in [0.29, 0.717) is 6.04 Å². The van der Waals surface area contributed by atoms with Gasteiger partial charge in [-0.15, -0.1) is 0 Å². The first-order chi connectivity index (χ1) is 5.72. The van der Waals surface area contributed by atoms with Crippen LogP contribution in [0.15, 0.2) is 0 Å². The van der Waals surface area contributed by atoms with E-state index in [4.69, 9.17) is 5.32 Å². The monoisotopic (exact) mass is 183 g/mol. The van der Waals surface area contributed by atoms with E-state index >= 15 is 0 Å². The minimum absolute atomic E-state index is 0.117. The second-order valence-corrected chi connectivity index (χ2v) is 5.74. The highest BCUT2D eigenvalue weighted by Crippen LogP contribution is 2.24. The molecular formula is C11H23N2. The Hall–Kier alpha value is -0.0800. The molecule has 1 heterocycles. The summed E-state index contributed by atoms with van der Waals surface area (Å²) >= 11 is 0. The van der Waals surface area contributed by atoms with Crippen LogP contribution in [0, 0.1) is 0 Å². The number of hydrogen-bond acceptors (Lipinski definition) is 1. The van der Waals surface area contributed by atoms with Crippen molar-refractivity contribution in [2.45, 2.75) is 58.7 Å². The van der Waals surface area contributed by atoms with Gasteiger partial charge in [0.2, 0.25) is 0 Å². The van der Waals surface area contributed by atoms with Gasteiger partial charge in [0, 0.05) is 30.2 Å². The predicted octanol–water partition coefficient (Wildman–Crippen LogP) is 1.87. The molecule has 1 aliphatic heterocycles. The minimum atomic E-state index is 0.117. The molecule has 0 aromatic heterocycles. The molecule has 0 aromatic rings. The van der Waals surface area contributed by atoms with Gasteiger partial charge in [-0.2, -0.15) is 0 Å². The van der Waals surface area contributed by atoms with E-state index in [1.165, 1.54) is 0 Å². The van der Waals surface area contributed by atoms with Gasteiger partial charge in [0.1, 0.15) is 0 Å². The van der Waals surface area contributed by atoms with Crippen LogP contribution in [0.2, 0.25) is 0 Å². The Bertz CT molecular complexity index is 167. The van der Waals surface area contributed by atoms with Gasteiger partial charge in [0.15, 0.2) is 0 Å². The van der Waals surface area contributed by atoms with Gasteiger partial charge >= 0.3 is 0 Å². The maximum Gasteiger partial charge on any atom is 0.0434 e. The molecule has 0 N–H and O–H groups in total. The summed E-state index contributed by atoms with van der Waals surface area (Å²) < 4.78 is 0. The van der Waals surface area contributed by atoms with Crippen LogP contribution in [0.1, 0.15) is 41.5 Å². The minimum Gasteiger partial charge on any atom is -0.297 e. The summed E-state index contributed by atoms with van der Waals surface area (Å²) in [6, 6.07) is 0.633. The van der Waals surface area contributed by atoms with Gasteiger partial charge in [-0.25, -0.2) is 5.32 Å². The molecule has 1 fully saturated rings. The molecule has 0 saturated carbocycles. The van der Waals surface area contributed by atoms with E-state index in [9.17, 15) is 0 Å². The van der Waals surface area contributed by atoms with Gasteiger partial charge in [-0.1, -0.05) is 0 Å². The fourth-order valence-corrected chi connectivity index (χ4v) is 2.31. The molecule has 2 heteroatoms. The lowest BCUT2D eigenvalue weighted by molar-refractivity contribution is 0.0521. The number of nitrogens with zero attached hydrogens (tertiary/aromatic N) is 2. The molecule has 1 saturated heterocycles. The van der Waals surface area contributed by atoms with Crippen LogP contribution >= 0.6 is 0 Å². The van der Waals surface area contributed by atoms with E-state index in [1.807, 2.05) is 0 Å². The normalized spacial score (nSPS) is 27.9. The average Bonchev–Trinajstić information content (AvgIpc) is 1.79. The van der Waals surface area contributed by atoms with Gasteiger partial charge in [-0.05, 0) is 41.5 Å². The summed E-state index contributed by atoms with van der Waals surface area (Å²) in [6.07, 6.45) is 0. The Kier molecular flexibility index (Phi) is 2.75. The number of hydrogen-bond donors (Lipinski definition) is 0. The summed E-state index contributed by atoms with van der Waals surface area (Å²) in [5, 5.41) is 4.84. The molecule has 1 aliphatic rings. The van der Waals surface area contributed by atoms with Gasteiger partial charge in [-0.3, -0.25) is 4.90 Å². The third kappa shape index (κ3) is 2.96. The summed E-state index contributed by atoms with van der Waals surface area (Å²) in [5.41, 5.74) is 0.234. The summed E-state index contributed by atoms with van der Waals surface area (Å²) in [6.45, 7) is 15.6. The second kappa shape index (κ2) is 3.25. The van der Waals surface area contributed by atoms with E-state index in [1.54, 1.807) is 0 Å². The lowest BCUT2D eigenvalue weighted by Crippen LogP contribution is -2.63. The van der Waals surface area contributed by atoms with Crippen LogP contribution in [0.3, 0.4) is 0 Å². The fourth-order valence-electron chi connectivity index (χ4n) is 2.31. The smallest absolute Gasteiger partial charge is 0.0434 e. The topological polar surface area (TPSA) is 17.3 Å². The molecule has 0 unspecified atom stereocenters. The molecule has 2 nitrogen and oxygen atoms in total. The zero-order valence-corrected chi connectivity index (χ0v) is 9.89. The average molecular weight is 183 g/mol. The maximum atomic E-state index is 4.84. The first kappa shape index (κ1) is 11.0. The van der Waals surface area contributed by atoms with Gasteiger partial charge < -0.3 is 0 Å². The van der Waals surface area contributed by atoms with Crippen LogP contribution in [-0.2, 0) is 0 Å². The van der Waals surface area contributed by atoms with Crippen molar-refractivity contribution in [1.82, 2.24) is 10.2 Å². The van der Waals surface area contributed by atoms with E-state index in [2.05, 4.69) is 46.4 Å². The van der Waals surface area contributed by atoms with Crippen molar-refractivity contribution in [2.75, 3.05) is 13.1 Å². The molecule has 0 amide bonds. The Balaban J connectivity index is 2.72. The Morgan fingerprint density at radius 2 is 1.38 bits per heavy atom. The molecule has 0 atom stereocenters. The summed E-state index contributed by atoms with van der Waals surface area (Å²) in [7, 11) is 0. The molecule has 77 valence electrons. The molecule has 1 rings (SSSR count). The summed E-state index contributed by atoms with van der Waals surface area (Å²) in [5.74, 6) is 0. The van der Waals surface area contributed by atoms with Gasteiger partial charge in [0.25, 0.3) is 0 Å². The lowest BCUT2D eigenvalue weighted by atomic mass is 9.91. The third-order valence-corrected chi connectivity index (χ3v) is 2.52. The predicted molar refractivity (Wildman–Crippen MR) is 57.0 cm³/mol. The van der Waals surface area contributed by atoms with Crippen molar-refractivity contribution >= 4 is 0 Å². The fraction of sp³-hybridized carbons (Fsp3) is 1.00. The van der Waals surface area contributed by atoms with E-state index in [0.717, 1.165) is 13.1 Å². The number of piperazine rings is 1. The highest BCUT2D eigenvalue weighted by Gasteiger charge is 2.38.